The third-order valence-corrected chi connectivity index (χ3v) is 7.31. The van der Waals surface area contributed by atoms with Gasteiger partial charge in [0, 0.05) is 25.6 Å². The van der Waals surface area contributed by atoms with E-state index in [1.54, 1.807) is 12.1 Å². The molecule has 3 rings (SSSR count). The van der Waals surface area contributed by atoms with E-state index >= 15 is 0 Å². The van der Waals surface area contributed by atoms with Crippen LogP contribution >= 0.6 is 0 Å². The molecule has 0 fully saturated rings. The molecule has 1 N–H and O–H groups in total. The number of Topliss-reactive ketones (excluding diaryl/α,β-unsaturated/α-hetero) is 1. The summed E-state index contributed by atoms with van der Waals surface area (Å²) in [6.45, 7) is 2.89. The molecule has 200 valence electrons. The van der Waals surface area contributed by atoms with Gasteiger partial charge >= 0.3 is 0 Å². The minimum Gasteiger partial charge on any atom is -0.357 e. The van der Waals surface area contributed by atoms with Crippen LogP contribution in [0.5, 0.6) is 0 Å². The number of aryl methyl sites for hydroxylation is 1. The van der Waals surface area contributed by atoms with Crippen LogP contribution in [0.15, 0.2) is 78.9 Å². The first kappa shape index (κ1) is 28.6. The maximum atomic E-state index is 13.9. The van der Waals surface area contributed by atoms with Crippen molar-refractivity contribution in [3.05, 3.63) is 101 Å². The highest BCUT2D eigenvalue weighted by molar-refractivity contribution is 7.92. The molecular weight excluding hydrogens is 502 g/mol. The maximum Gasteiger partial charge on any atom is 0.244 e. The average molecular weight is 536 g/mol. The number of likely N-dealkylation sites (N-methyl/N-ethyl adjacent to an activating group) is 1. The van der Waals surface area contributed by atoms with Gasteiger partial charge < -0.3 is 10.2 Å². The molecule has 9 heteroatoms. The quantitative estimate of drug-likeness (QED) is 0.379. The second kappa shape index (κ2) is 12.5. The molecule has 0 aliphatic carbocycles. The van der Waals surface area contributed by atoms with Gasteiger partial charge in [-0.2, -0.15) is 0 Å². The van der Waals surface area contributed by atoms with Crippen LogP contribution in [0.4, 0.5) is 5.69 Å². The normalized spacial score (nSPS) is 11.9. The standard InChI is InChI=1S/C29H33N3O5S/c1-21-10-8-13-24(16-21)19-31(27(29(35)30-3)17-23-11-6-5-7-12-23)28(34)20-32(38(4,36)37)26-15-9-14-25(18-26)22(2)33/h5-16,18,27H,17,19-20H2,1-4H3,(H,30,35)/t27-/m0/s1. The van der Waals surface area contributed by atoms with E-state index in [2.05, 4.69) is 5.32 Å². The number of anilines is 1. The molecule has 0 saturated carbocycles. The number of carbonyl (C=O) groups excluding carboxylic acids is 3. The van der Waals surface area contributed by atoms with Crippen molar-refractivity contribution in [1.29, 1.82) is 0 Å². The van der Waals surface area contributed by atoms with Gasteiger partial charge in [0.2, 0.25) is 21.8 Å². The number of benzene rings is 3. The Morgan fingerprint density at radius 1 is 0.895 bits per heavy atom. The maximum absolute atomic E-state index is 13.9. The zero-order valence-corrected chi connectivity index (χ0v) is 22.9. The molecule has 0 unspecified atom stereocenters. The van der Waals surface area contributed by atoms with E-state index < -0.39 is 28.5 Å². The van der Waals surface area contributed by atoms with Crippen molar-refractivity contribution >= 4 is 33.3 Å². The van der Waals surface area contributed by atoms with Crippen LogP contribution in [0.1, 0.15) is 34.0 Å². The van der Waals surface area contributed by atoms with Crippen molar-refractivity contribution < 1.29 is 22.8 Å². The highest BCUT2D eigenvalue weighted by atomic mass is 32.2. The van der Waals surface area contributed by atoms with Gasteiger partial charge in [0.1, 0.15) is 12.6 Å². The highest BCUT2D eigenvalue weighted by Crippen LogP contribution is 2.22. The molecule has 0 saturated heterocycles. The number of sulfonamides is 1. The summed E-state index contributed by atoms with van der Waals surface area (Å²) in [4.78, 5) is 40.4. The summed E-state index contributed by atoms with van der Waals surface area (Å²) in [6.07, 6.45) is 1.25. The van der Waals surface area contributed by atoms with Gasteiger partial charge in [-0.3, -0.25) is 18.7 Å². The first-order chi connectivity index (χ1) is 18.0. The van der Waals surface area contributed by atoms with Gasteiger partial charge in [-0.05, 0) is 37.1 Å². The Kier molecular flexibility index (Phi) is 9.41. The number of ketones is 1. The highest BCUT2D eigenvalue weighted by Gasteiger charge is 2.32. The number of nitrogens with zero attached hydrogens (tertiary/aromatic N) is 2. The van der Waals surface area contributed by atoms with E-state index in [9.17, 15) is 22.8 Å². The summed E-state index contributed by atoms with van der Waals surface area (Å²) >= 11 is 0. The van der Waals surface area contributed by atoms with Crippen LogP contribution in [-0.2, 0) is 32.6 Å². The molecule has 38 heavy (non-hydrogen) atoms. The van der Waals surface area contributed by atoms with Gasteiger partial charge in [-0.15, -0.1) is 0 Å². The molecule has 8 nitrogen and oxygen atoms in total. The van der Waals surface area contributed by atoms with Gasteiger partial charge in [-0.1, -0.05) is 72.3 Å². The van der Waals surface area contributed by atoms with Crippen molar-refractivity contribution in [2.24, 2.45) is 0 Å². The number of nitrogens with one attached hydrogen (secondary N) is 1. The molecule has 2 amide bonds. The summed E-state index contributed by atoms with van der Waals surface area (Å²) in [5, 5.41) is 2.65. The first-order valence-electron chi connectivity index (χ1n) is 12.2. The molecular formula is C29H33N3O5S. The minimum absolute atomic E-state index is 0.108. The van der Waals surface area contributed by atoms with Crippen LogP contribution in [0.25, 0.3) is 0 Å². The number of amides is 2. The van der Waals surface area contributed by atoms with E-state index in [1.807, 2.05) is 61.5 Å². The lowest BCUT2D eigenvalue weighted by atomic mass is 10.0. The Labute approximate surface area is 224 Å². The summed E-state index contributed by atoms with van der Waals surface area (Å²) in [6, 6.07) is 22.2. The third-order valence-electron chi connectivity index (χ3n) is 6.17. The summed E-state index contributed by atoms with van der Waals surface area (Å²) < 4.78 is 26.6. The van der Waals surface area contributed by atoms with E-state index in [4.69, 9.17) is 0 Å². The predicted octanol–water partition coefficient (Wildman–Crippen LogP) is 3.35. The topological polar surface area (TPSA) is 104 Å². The zero-order valence-electron chi connectivity index (χ0n) is 22.0. The van der Waals surface area contributed by atoms with Crippen LogP contribution in [0, 0.1) is 6.92 Å². The van der Waals surface area contributed by atoms with Gasteiger partial charge in [0.25, 0.3) is 0 Å². The summed E-state index contributed by atoms with van der Waals surface area (Å²) in [5.41, 5.74) is 3.19. The summed E-state index contributed by atoms with van der Waals surface area (Å²) in [5.74, 6) is -1.13. The molecule has 0 radical (unpaired) electrons. The Balaban J connectivity index is 2.04. The van der Waals surface area contributed by atoms with Gasteiger partial charge in [0.05, 0.1) is 11.9 Å². The SMILES string of the molecule is CNC(=O)[C@H](Cc1ccccc1)N(Cc1cccc(C)c1)C(=O)CN(c1cccc(C(C)=O)c1)S(C)(=O)=O. The van der Waals surface area contributed by atoms with Crippen LogP contribution in [0.2, 0.25) is 0 Å². The van der Waals surface area contributed by atoms with Crippen molar-refractivity contribution in [2.75, 3.05) is 24.2 Å². The molecule has 0 aliphatic rings. The fourth-order valence-electron chi connectivity index (χ4n) is 4.22. The molecule has 0 spiro atoms. The fourth-order valence-corrected chi connectivity index (χ4v) is 5.06. The van der Waals surface area contributed by atoms with Crippen molar-refractivity contribution in [3.8, 4) is 0 Å². The molecule has 3 aromatic carbocycles. The number of rotatable bonds is 11. The summed E-state index contributed by atoms with van der Waals surface area (Å²) in [7, 11) is -2.40. The number of hydrogen-bond donors (Lipinski definition) is 1. The van der Waals surface area contributed by atoms with Gasteiger partial charge in [-0.25, -0.2) is 8.42 Å². The molecule has 1 atom stereocenters. The van der Waals surface area contributed by atoms with Crippen molar-refractivity contribution in [1.82, 2.24) is 10.2 Å². The Morgan fingerprint density at radius 2 is 1.55 bits per heavy atom. The average Bonchev–Trinajstić information content (AvgIpc) is 2.88. The Hall–Kier alpha value is -3.98. The fraction of sp³-hybridized carbons (Fsp3) is 0.276. The second-order valence-corrected chi connectivity index (χ2v) is 11.1. The van der Waals surface area contributed by atoms with Crippen LogP contribution < -0.4 is 9.62 Å². The lowest BCUT2D eigenvalue weighted by Gasteiger charge is -2.33. The van der Waals surface area contributed by atoms with E-state index in [-0.39, 0.29) is 30.3 Å². The van der Waals surface area contributed by atoms with Crippen LogP contribution in [-0.4, -0.2) is 56.8 Å². The zero-order chi connectivity index (χ0) is 27.9. The predicted molar refractivity (Wildman–Crippen MR) is 148 cm³/mol. The van der Waals surface area contributed by atoms with Crippen LogP contribution in [0.3, 0.4) is 0 Å². The van der Waals surface area contributed by atoms with E-state index in [0.717, 1.165) is 27.3 Å². The second-order valence-electron chi connectivity index (χ2n) is 9.21. The molecule has 0 bridgehead atoms. The first-order valence-corrected chi connectivity index (χ1v) is 14.0. The number of carbonyl (C=O) groups is 3. The van der Waals surface area contributed by atoms with E-state index in [0.29, 0.717) is 5.56 Å². The third kappa shape index (κ3) is 7.52. The number of hydrogen-bond acceptors (Lipinski definition) is 5. The van der Waals surface area contributed by atoms with Crippen molar-refractivity contribution in [2.45, 2.75) is 32.9 Å². The van der Waals surface area contributed by atoms with Gasteiger partial charge in [0.15, 0.2) is 5.78 Å². The molecule has 0 aromatic heterocycles. The van der Waals surface area contributed by atoms with E-state index in [1.165, 1.54) is 31.0 Å². The lowest BCUT2D eigenvalue weighted by Crippen LogP contribution is -2.52. The molecule has 0 heterocycles. The molecule has 0 aliphatic heterocycles. The van der Waals surface area contributed by atoms with Crippen molar-refractivity contribution in [3.63, 3.8) is 0 Å². The monoisotopic (exact) mass is 535 g/mol. The largest absolute Gasteiger partial charge is 0.357 e. The minimum atomic E-state index is -3.90. The smallest absolute Gasteiger partial charge is 0.244 e. The molecule has 3 aromatic rings. The Bertz CT molecular complexity index is 1410. The lowest BCUT2D eigenvalue weighted by molar-refractivity contribution is -0.139. The Morgan fingerprint density at radius 3 is 2.16 bits per heavy atom.